The lowest BCUT2D eigenvalue weighted by molar-refractivity contribution is 1.08. The Morgan fingerprint density at radius 1 is 1.00 bits per heavy atom. The van der Waals surface area contributed by atoms with E-state index in [0.717, 1.165) is 27.7 Å². The lowest BCUT2D eigenvalue weighted by atomic mass is 10.0. The first-order valence-electron chi connectivity index (χ1n) is 7.89. The van der Waals surface area contributed by atoms with Gasteiger partial charge >= 0.3 is 0 Å². The SMILES string of the molecule is Cc1cc(C)c2[nH]c(=O)c(CNc3cccc(C)c3C)cc2c1. The predicted octanol–water partition coefficient (Wildman–Crippen LogP) is 4.37. The fourth-order valence-corrected chi connectivity index (χ4v) is 3.00. The first-order chi connectivity index (χ1) is 11.0. The summed E-state index contributed by atoms with van der Waals surface area (Å²) >= 11 is 0. The Bertz CT molecular complexity index is 938. The summed E-state index contributed by atoms with van der Waals surface area (Å²) < 4.78 is 0. The molecule has 0 amide bonds. The van der Waals surface area contributed by atoms with Crippen molar-refractivity contribution in [2.45, 2.75) is 34.2 Å². The van der Waals surface area contributed by atoms with E-state index in [9.17, 15) is 4.79 Å². The van der Waals surface area contributed by atoms with Crippen molar-refractivity contribution >= 4 is 16.6 Å². The Labute approximate surface area is 136 Å². The highest BCUT2D eigenvalue weighted by atomic mass is 16.1. The molecule has 0 bridgehead atoms. The molecule has 1 heterocycles. The minimum absolute atomic E-state index is 0.0257. The van der Waals surface area contributed by atoms with Gasteiger partial charge in [0, 0.05) is 17.8 Å². The molecule has 0 saturated heterocycles. The monoisotopic (exact) mass is 306 g/mol. The second-order valence-electron chi connectivity index (χ2n) is 6.27. The summed E-state index contributed by atoms with van der Waals surface area (Å²) in [5, 5.41) is 4.47. The van der Waals surface area contributed by atoms with Crippen LogP contribution in [0.3, 0.4) is 0 Å². The predicted molar refractivity (Wildman–Crippen MR) is 97.3 cm³/mol. The molecule has 118 valence electrons. The molecule has 0 aliphatic rings. The molecule has 0 aliphatic carbocycles. The van der Waals surface area contributed by atoms with Crippen LogP contribution in [-0.4, -0.2) is 4.98 Å². The zero-order valence-corrected chi connectivity index (χ0v) is 14.1. The van der Waals surface area contributed by atoms with Gasteiger partial charge in [0.1, 0.15) is 0 Å². The minimum atomic E-state index is -0.0257. The smallest absolute Gasteiger partial charge is 0.253 e. The Morgan fingerprint density at radius 2 is 1.78 bits per heavy atom. The van der Waals surface area contributed by atoms with Gasteiger partial charge in [0.25, 0.3) is 5.56 Å². The van der Waals surface area contributed by atoms with Crippen molar-refractivity contribution in [1.29, 1.82) is 0 Å². The summed E-state index contributed by atoms with van der Waals surface area (Å²) in [5.41, 5.74) is 7.50. The first-order valence-corrected chi connectivity index (χ1v) is 7.89. The minimum Gasteiger partial charge on any atom is -0.381 e. The Hall–Kier alpha value is -2.55. The van der Waals surface area contributed by atoms with E-state index < -0.39 is 0 Å². The molecule has 1 aromatic heterocycles. The lowest BCUT2D eigenvalue weighted by Crippen LogP contribution is -2.16. The molecule has 0 unspecified atom stereocenters. The topological polar surface area (TPSA) is 44.9 Å². The summed E-state index contributed by atoms with van der Waals surface area (Å²) in [4.78, 5) is 15.4. The molecule has 3 nitrogen and oxygen atoms in total. The fourth-order valence-electron chi connectivity index (χ4n) is 3.00. The third-order valence-corrected chi connectivity index (χ3v) is 4.44. The average Bonchev–Trinajstić information content (AvgIpc) is 2.50. The van der Waals surface area contributed by atoms with Gasteiger partial charge in [-0.2, -0.15) is 0 Å². The molecule has 3 rings (SSSR count). The standard InChI is InChI=1S/C20H22N2O/c1-12-8-14(3)19-16(9-12)10-17(20(23)22-19)11-21-18-7-5-6-13(2)15(18)4/h5-10,21H,11H2,1-4H3,(H,22,23). The number of aromatic amines is 1. The highest BCUT2D eigenvalue weighted by Crippen LogP contribution is 2.20. The van der Waals surface area contributed by atoms with Crippen LogP contribution in [0.2, 0.25) is 0 Å². The number of aromatic nitrogens is 1. The van der Waals surface area contributed by atoms with Crippen molar-refractivity contribution in [3.05, 3.63) is 74.6 Å². The Kier molecular flexibility index (Phi) is 3.95. The van der Waals surface area contributed by atoms with Crippen molar-refractivity contribution in [3.8, 4) is 0 Å². The van der Waals surface area contributed by atoms with Crippen molar-refractivity contribution in [2.75, 3.05) is 5.32 Å². The van der Waals surface area contributed by atoms with Crippen LogP contribution in [0, 0.1) is 27.7 Å². The van der Waals surface area contributed by atoms with E-state index in [4.69, 9.17) is 0 Å². The summed E-state index contributed by atoms with van der Waals surface area (Å²) in [5.74, 6) is 0. The number of aryl methyl sites for hydroxylation is 3. The van der Waals surface area contributed by atoms with E-state index >= 15 is 0 Å². The van der Waals surface area contributed by atoms with Gasteiger partial charge < -0.3 is 10.3 Å². The summed E-state index contributed by atoms with van der Waals surface area (Å²) in [7, 11) is 0. The Balaban J connectivity index is 1.96. The molecule has 0 spiro atoms. The molecular formula is C20H22N2O. The van der Waals surface area contributed by atoms with Crippen LogP contribution < -0.4 is 10.9 Å². The van der Waals surface area contributed by atoms with Crippen LogP contribution in [0.5, 0.6) is 0 Å². The molecule has 0 aliphatic heterocycles. The average molecular weight is 306 g/mol. The normalized spacial score (nSPS) is 11.0. The highest BCUT2D eigenvalue weighted by molar-refractivity contribution is 5.82. The molecular weight excluding hydrogens is 284 g/mol. The quantitative estimate of drug-likeness (QED) is 0.754. The second-order valence-corrected chi connectivity index (χ2v) is 6.27. The number of anilines is 1. The van der Waals surface area contributed by atoms with Gasteiger partial charge in [-0.1, -0.05) is 23.8 Å². The van der Waals surface area contributed by atoms with Crippen molar-refractivity contribution in [2.24, 2.45) is 0 Å². The molecule has 23 heavy (non-hydrogen) atoms. The molecule has 2 N–H and O–H groups in total. The Morgan fingerprint density at radius 3 is 2.57 bits per heavy atom. The van der Waals surface area contributed by atoms with Crippen LogP contribution >= 0.6 is 0 Å². The molecule has 0 radical (unpaired) electrons. The number of H-pyrrole nitrogens is 1. The van der Waals surface area contributed by atoms with E-state index in [0.29, 0.717) is 6.54 Å². The van der Waals surface area contributed by atoms with Gasteiger partial charge in [-0.3, -0.25) is 4.79 Å². The third-order valence-electron chi connectivity index (χ3n) is 4.44. The van der Waals surface area contributed by atoms with Gasteiger partial charge in [-0.05, 0) is 68.0 Å². The van der Waals surface area contributed by atoms with Gasteiger partial charge in [0.2, 0.25) is 0 Å². The maximum Gasteiger partial charge on any atom is 0.253 e. The molecule has 2 aromatic carbocycles. The zero-order valence-electron chi connectivity index (χ0n) is 14.1. The first kappa shape index (κ1) is 15.3. The van der Waals surface area contributed by atoms with Gasteiger partial charge in [-0.25, -0.2) is 0 Å². The van der Waals surface area contributed by atoms with E-state index in [1.54, 1.807) is 0 Å². The maximum absolute atomic E-state index is 12.3. The van der Waals surface area contributed by atoms with Crippen LogP contribution in [0.1, 0.15) is 27.8 Å². The fraction of sp³-hybridized carbons (Fsp3) is 0.250. The van der Waals surface area contributed by atoms with Crippen molar-refractivity contribution in [3.63, 3.8) is 0 Å². The number of hydrogen-bond donors (Lipinski definition) is 2. The number of fused-ring (bicyclic) bond motifs is 1. The summed E-state index contributed by atoms with van der Waals surface area (Å²) in [6, 6.07) is 12.4. The third kappa shape index (κ3) is 3.00. The van der Waals surface area contributed by atoms with Crippen LogP contribution in [0.25, 0.3) is 10.9 Å². The molecule has 3 heteroatoms. The van der Waals surface area contributed by atoms with E-state index in [-0.39, 0.29) is 5.56 Å². The largest absolute Gasteiger partial charge is 0.381 e. The van der Waals surface area contributed by atoms with E-state index in [2.05, 4.69) is 49.3 Å². The van der Waals surface area contributed by atoms with Gasteiger partial charge in [-0.15, -0.1) is 0 Å². The van der Waals surface area contributed by atoms with Crippen molar-refractivity contribution < 1.29 is 0 Å². The number of rotatable bonds is 3. The van der Waals surface area contributed by atoms with Gasteiger partial charge in [0.15, 0.2) is 0 Å². The number of benzene rings is 2. The number of pyridine rings is 1. The highest BCUT2D eigenvalue weighted by Gasteiger charge is 2.07. The second kappa shape index (κ2) is 5.92. The zero-order chi connectivity index (χ0) is 16.6. The maximum atomic E-state index is 12.3. The summed E-state index contributed by atoms with van der Waals surface area (Å²) in [6.07, 6.45) is 0. The van der Waals surface area contributed by atoms with Gasteiger partial charge in [0.05, 0.1) is 5.52 Å². The van der Waals surface area contributed by atoms with E-state index in [1.165, 1.54) is 16.7 Å². The van der Waals surface area contributed by atoms with Crippen LogP contribution in [0.4, 0.5) is 5.69 Å². The van der Waals surface area contributed by atoms with Crippen LogP contribution in [-0.2, 0) is 6.54 Å². The lowest BCUT2D eigenvalue weighted by Gasteiger charge is -2.12. The molecule has 0 atom stereocenters. The summed E-state index contributed by atoms with van der Waals surface area (Å²) in [6.45, 7) is 8.80. The van der Waals surface area contributed by atoms with E-state index in [1.807, 2.05) is 25.1 Å². The van der Waals surface area contributed by atoms with Crippen LogP contribution in [0.15, 0.2) is 41.2 Å². The van der Waals surface area contributed by atoms with Crippen molar-refractivity contribution in [1.82, 2.24) is 4.98 Å². The molecule has 0 fully saturated rings. The number of hydrogen-bond acceptors (Lipinski definition) is 2. The molecule has 3 aromatic rings. The molecule has 0 saturated carbocycles. The number of nitrogens with one attached hydrogen (secondary N) is 2.